The lowest BCUT2D eigenvalue weighted by atomic mass is 11.7. The molecular weight excluding hydrogens is 135 g/mol. The molecule has 6 heteroatoms. The fourth-order valence-corrected chi connectivity index (χ4v) is 0.105. The second-order valence-electron chi connectivity index (χ2n) is 0.425. The van der Waals surface area contributed by atoms with Crippen LogP contribution < -0.4 is 0 Å². The Labute approximate surface area is 52.8 Å². The highest BCUT2D eigenvalue weighted by molar-refractivity contribution is 7.67. The van der Waals surface area contributed by atoms with E-state index >= 15 is 0 Å². The van der Waals surface area contributed by atoms with Crippen LogP contribution in [0.4, 0.5) is 0 Å². The molecule has 7 heavy (non-hydrogen) atoms. The van der Waals surface area contributed by atoms with E-state index in [2.05, 4.69) is 4.18 Å². The maximum atomic E-state index is 9.18. The summed E-state index contributed by atoms with van der Waals surface area (Å²) in [5.74, 6) is 0. The Morgan fingerprint density at radius 1 is 1.43 bits per heavy atom. The largest absolute Gasteiger partial charge is 0.350 e. The normalized spacial score (nSPS) is 7.00. The van der Waals surface area contributed by atoms with Gasteiger partial charge >= 0.3 is 17.5 Å². The molecule has 0 saturated carbocycles. The average molecular weight is 140 g/mol. The van der Waals surface area contributed by atoms with Crippen molar-refractivity contribution < 1.29 is 17.4 Å². The van der Waals surface area contributed by atoms with Crippen LogP contribution in [0.2, 0.25) is 0 Å². The zero-order chi connectivity index (χ0) is 4.99. The van der Waals surface area contributed by atoms with Crippen LogP contribution in [0.25, 0.3) is 0 Å². The van der Waals surface area contributed by atoms with Gasteiger partial charge < -0.3 is 4.18 Å². The molecule has 42 valence electrons. The van der Waals surface area contributed by atoms with E-state index in [1.165, 1.54) is 0 Å². The first-order valence-corrected chi connectivity index (χ1v) is 2.11. The van der Waals surface area contributed by atoms with Crippen LogP contribution >= 0.6 is 0 Å². The van der Waals surface area contributed by atoms with Gasteiger partial charge in [0.2, 0.25) is 0 Å². The summed E-state index contributed by atoms with van der Waals surface area (Å²) in [6.07, 6.45) is 0. The van der Waals surface area contributed by atoms with Crippen LogP contribution in [0.3, 0.4) is 0 Å². The van der Waals surface area contributed by atoms with Crippen molar-refractivity contribution in [3.63, 3.8) is 0 Å². The molecule has 0 aromatic carbocycles. The van der Waals surface area contributed by atoms with E-state index < -0.39 is 11.0 Å². The summed E-state index contributed by atoms with van der Waals surface area (Å²) < 4.78 is 21.7. The van der Waals surface area contributed by atoms with Crippen LogP contribution in [0, 0.1) is 0 Å². The Hall–Kier alpha value is -0.0475. The van der Waals surface area contributed by atoms with Crippen molar-refractivity contribution in [2.75, 3.05) is 0 Å². The van der Waals surface area contributed by atoms with Gasteiger partial charge in [-0.1, -0.05) is 0 Å². The Bertz CT molecular complexity index is 98.3. The fraction of sp³-hybridized carbons (Fsp3) is 0. The molecule has 0 fully saturated rings. The summed E-state index contributed by atoms with van der Waals surface area (Å²) in [4.78, 5) is 9.01. The van der Waals surface area contributed by atoms with Crippen molar-refractivity contribution in [3.05, 3.63) is 0 Å². The van der Waals surface area contributed by atoms with Crippen molar-refractivity contribution in [1.29, 1.82) is 0 Å². The molecule has 0 N–H and O–H groups in total. The second-order valence-corrected chi connectivity index (χ2v) is 1.08. The Morgan fingerprint density at radius 3 is 1.86 bits per heavy atom. The summed E-state index contributed by atoms with van der Waals surface area (Å²) >= 11 is 0. The van der Waals surface area contributed by atoms with Crippen LogP contribution in [-0.2, 0) is 20.0 Å². The van der Waals surface area contributed by atoms with Crippen molar-refractivity contribution in [2.24, 2.45) is 0 Å². The lowest BCUT2D eigenvalue weighted by Gasteiger charge is -1.70. The first kappa shape index (κ1) is 10.0. The minimum Gasteiger partial charge on any atom is -0.350 e. The molecule has 4 nitrogen and oxygen atoms in total. The molecule has 0 heterocycles. The Kier molecular flexibility index (Phi) is 8.54. The summed E-state index contributed by atoms with van der Waals surface area (Å²) in [6, 6.07) is 0. The third-order valence-corrected chi connectivity index (χ3v) is 0.387. The highest BCUT2D eigenvalue weighted by Crippen LogP contribution is 1.56. The third-order valence-electron chi connectivity index (χ3n) is 0.129. The predicted molar refractivity (Wildman–Crippen MR) is 27.4 cm³/mol. The Morgan fingerprint density at radius 2 is 1.86 bits per heavy atom. The van der Waals surface area contributed by atoms with Gasteiger partial charge in [-0.05, 0) is 0 Å². The molecule has 0 atom stereocenters. The molecule has 0 aromatic rings. The smallest absolute Gasteiger partial charge is 0.309 e. The van der Waals surface area contributed by atoms with Gasteiger partial charge in [0.1, 0.15) is 0 Å². The van der Waals surface area contributed by atoms with Gasteiger partial charge in [0.05, 0.1) is 0 Å². The standard InChI is InChI=1S/CH2O4S.Al.3H/c2-1-5-6(3)4;;;;/h1,6H;;;;. The summed E-state index contributed by atoms with van der Waals surface area (Å²) in [5, 5.41) is 0. The lowest BCUT2D eigenvalue weighted by molar-refractivity contribution is -0.119. The molecule has 0 bridgehead atoms. The SMILES string of the molecule is O=CO[SH](=O)=O.[AlH3]. The highest BCUT2D eigenvalue weighted by atomic mass is 32.2. The quantitative estimate of drug-likeness (QED) is 0.262. The summed E-state index contributed by atoms with van der Waals surface area (Å²) in [5.41, 5.74) is 0. The van der Waals surface area contributed by atoms with Gasteiger partial charge in [-0.3, -0.25) is 4.79 Å². The van der Waals surface area contributed by atoms with Crippen molar-refractivity contribution in [1.82, 2.24) is 0 Å². The number of hydrogen-bond donors (Lipinski definition) is 1. The molecule has 0 aliphatic rings. The van der Waals surface area contributed by atoms with Gasteiger partial charge in [-0.25, -0.2) is 0 Å². The van der Waals surface area contributed by atoms with Gasteiger partial charge in [-0.15, -0.1) is 0 Å². The zero-order valence-electron chi connectivity index (χ0n) is 2.66. The monoisotopic (exact) mass is 140 g/mol. The molecule has 0 radical (unpaired) electrons. The minimum absolute atomic E-state index is 0. The lowest BCUT2D eigenvalue weighted by Crippen LogP contribution is -1.79. The molecule has 0 spiro atoms. The van der Waals surface area contributed by atoms with Gasteiger partial charge in [0.25, 0.3) is 0 Å². The van der Waals surface area contributed by atoms with E-state index in [0.29, 0.717) is 0 Å². The molecule has 0 aliphatic carbocycles. The van der Waals surface area contributed by atoms with E-state index in [4.69, 9.17) is 4.79 Å². The summed E-state index contributed by atoms with van der Waals surface area (Å²) in [6.45, 7) is -0.147. The van der Waals surface area contributed by atoms with Crippen LogP contribution in [0.15, 0.2) is 0 Å². The first-order chi connectivity index (χ1) is 2.77. The first-order valence-electron chi connectivity index (χ1n) is 1.02. The molecule has 0 amide bonds. The highest BCUT2D eigenvalue weighted by Gasteiger charge is 1.70. The number of thiol groups is 1. The molecular formula is CH5AlO4S. The van der Waals surface area contributed by atoms with Gasteiger partial charge in [0.15, 0.2) is 17.4 Å². The Balaban J connectivity index is 0. The predicted octanol–water partition coefficient (Wildman–Crippen LogP) is -2.50. The molecule has 0 aliphatic heterocycles. The van der Waals surface area contributed by atoms with Gasteiger partial charge in [0, 0.05) is 0 Å². The van der Waals surface area contributed by atoms with Crippen LogP contribution in [0.5, 0.6) is 0 Å². The summed E-state index contributed by atoms with van der Waals surface area (Å²) in [7, 11) is -2.97. The van der Waals surface area contributed by atoms with Crippen molar-refractivity contribution >= 4 is 34.8 Å². The van der Waals surface area contributed by atoms with Crippen molar-refractivity contribution in [3.8, 4) is 0 Å². The van der Waals surface area contributed by atoms with E-state index in [9.17, 15) is 8.42 Å². The maximum Gasteiger partial charge on any atom is 0.309 e. The number of hydrogen-bond acceptors (Lipinski definition) is 4. The maximum absolute atomic E-state index is 9.18. The number of rotatable bonds is 2. The van der Waals surface area contributed by atoms with Crippen LogP contribution in [0.1, 0.15) is 0 Å². The van der Waals surface area contributed by atoms with Crippen molar-refractivity contribution in [2.45, 2.75) is 0 Å². The number of carbonyl (C=O) groups excluding carboxylic acids is 1. The number of carbonyl (C=O) groups is 1. The third kappa shape index (κ3) is 10.7. The van der Waals surface area contributed by atoms with E-state index in [-0.39, 0.29) is 23.8 Å². The van der Waals surface area contributed by atoms with Gasteiger partial charge in [-0.2, -0.15) is 8.42 Å². The topological polar surface area (TPSA) is 60.4 Å². The van der Waals surface area contributed by atoms with E-state index in [1.54, 1.807) is 0 Å². The molecule has 0 rings (SSSR count). The molecule has 0 saturated heterocycles. The minimum atomic E-state index is -2.97. The second kappa shape index (κ2) is 5.95. The molecule has 0 aromatic heterocycles. The van der Waals surface area contributed by atoms with E-state index in [0.717, 1.165) is 0 Å². The molecule has 0 unspecified atom stereocenters. The average Bonchev–Trinajstić information content (AvgIpc) is 1.35. The van der Waals surface area contributed by atoms with E-state index in [1.807, 2.05) is 0 Å². The zero-order valence-corrected chi connectivity index (χ0v) is 3.55. The van der Waals surface area contributed by atoms with Crippen LogP contribution in [-0.4, -0.2) is 32.3 Å². The fourth-order valence-electron chi connectivity index (χ4n) is 0.0351.